The maximum Gasteiger partial charge on any atom is 0.275 e. The molecule has 5 heterocycles. The summed E-state index contributed by atoms with van der Waals surface area (Å²) in [6, 6.07) is 18.7. The van der Waals surface area contributed by atoms with Crippen LogP contribution < -0.4 is 10.3 Å². The van der Waals surface area contributed by atoms with Crippen LogP contribution in [0.5, 0.6) is 5.75 Å². The molecule has 196 valence electrons. The topological polar surface area (TPSA) is 56.6 Å². The summed E-state index contributed by atoms with van der Waals surface area (Å²) in [7, 11) is 0. The van der Waals surface area contributed by atoms with E-state index in [4.69, 9.17) is 21.1 Å². The second-order valence-corrected chi connectivity index (χ2v) is 12.3. The van der Waals surface area contributed by atoms with Crippen LogP contribution in [0.1, 0.15) is 32.1 Å². The van der Waals surface area contributed by atoms with E-state index < -0.39 is 0 Å². The molecule has 3 aliphatic rings. The van der Waals surface area contributed by atoms with Gasteiger partial charge in [-0.2, -0.15) is 0 Å². The van der Waals surface area contributed by atoms with Gasteiger partial charge in [-0.05, 0) is 86.1 Å². The first-order chi connectivity index (χ1) is 18.6. The molecule has 2 unspecified atom stereocenters. The van der Waals surface area contributed by atoms with Crippen LogP contribution in [0, 0.1) is 5.92 Å². The van der Waals surface area contributed by atoms with Crippen molar-refractivity contribution in [1.82, 2.24) is 14.5 Å². The Morgan fingerprint density at radius 1 is 1.03 bits per heavy atom. The van der Waals surface area contributed by atoms with Gasteiger partial charge in [-0.3, -0.25) is 14.3 Å². The highest BCUT2D eigenvalue weighted by Crippen LogP contribution is 2.38. The Balaban J connectivity index is 1.05. The minimum absolute atomic E-state index is 0.0644. The fourth-order valence-electron chi connectivity index (χ4n) is 6.37. The summed E-state index contributed by atoms with van der Waals surface area (Å²) in [6.45, 7) is 3.02. The maximum absolute atomic E-state index is 13.3. The van der Waals surface area contributed by atoms with E-state index in [9.17, 15) is 4.79 Å². The largest absolute Gasteiger partial charge is 0.490 e. The number of ether oxygens (including phenoxy) is 2. The van der Waals surface area contributed by atoms with Crippen molar-refractivity contribution in [2.75, 3.05) is 19.8 Å². The van der Waals surface area contributed by atoms with Gasteiger partial charge < -0.3 is 9.47 Å². The molecule has 2 aromatic carbocycles. The molecule has 0 amide bonds. The number of rotatable bonds is 6. The molecule has 3 fully saturated rings. The fourth-order valence-corrected chi connectivity index (χ4v) is 7.55. The molecule has 2 bridgehead atoms. The molecule has 0 saturated carbocycles. The van der Waals surface area contributed by atoms with Gasteiger partial charge in [-0.1, -0.05) is 23.7 Å². The van der Waals surface area contributed by atoms with Crippen molar-refractivity contribution in [2.45, 2.75) is 50.3 Å². The zero-order valence-electron chi connectivity index (χ0n) is 21.1. The van der Waals surface area contributed by atoms with Crippen LogP contribution in [-0.4, -0.2) is 52.4 Å². The van der Waals surface area contributed by atoms with Crippen LogP contribution in [0.4, 0.5) is 0 Å². The average Bonchev–Trinajstić information content (AvgIpc) is 3.65. The molecule has 0 N–H and O–H groups in total. The summed E-state index contributed by atoms with van der Waals surface area (Å²) in [5.74, 6) is 1.55. The first-order valence-electron chi connectivity index (χ1n) is 13.5. The van der Waals surface area contributed by atoms with E-state index in [1.54, 1.807) is 10.9 Å². The first-order valence-corrected chi connectivity index (χ1v) is 14.7. The Morgan fingerprint density at radius 2 is 1.79 bits per heavy atom. The first kappa shape index (κ1) is 24.3. The van der Waals surface area contributed by atoms with Crippen LogP contribution in [-0.2, 0) is 4.74 Å². The summed E-state index contributed by atoms with van der Waals surface area (Å²) in [5.41, 5.74) is 2.46. The highest BCUT2D eigenvalue weighted by Gasteiger charge is 2.42. The van der Waals surface area contributed by atoms with Gasteiger partial charge in [-0.25, -0.2) is 4.98 Å². The van der Waals surface area contributed by atoms with Crippen molar-refractivity contribution in [3.8, 4) is 21.9 Å². The molecule has 3 saturated heterocycles. The van der Waals surface area contributed by atoms with E-state index in [-0.39, 0.29) is 11.7 Å². The lowest BCUT2D eigenvalue weighted by atomic mass is 9.97. The molecule has 3 aliphatic heterocycles. The Bertz CT molecular complexity index is 1480. The Morgan fingerprint density at radius 3 is 2.50 bits per heavy atom. The lowest BCUT2D eigenvalue weighted by Crippen LogP contribution is -2.48. The van der Waals surface area contributed by atoms with Crippen molar-refractivity contribution in [2.24, 2.45) is 5.92 Å². The van der Waals surface area contributed by atoms with E-state index in [0.29, 0.717) is 33.2 Å². The number of halogens is 1. The SMILES string of the molecule is O=c1c2sc(-c3ccc(Cl)cc3)cc2ncn1-c1ccc(OC2C[C@H]3CC[C@@H](C2)N3CC2CCOC2)cc1. The smallest absolute Gasteiger partial charge is 0.275 e. The number of fused-ring (bicyclic) bond motifs is 3. The molecule has 4 atom stereocenters. The maximum atomic E-state index is 13.3. The number of thiophene rings is 1. The van der Waals surface area contributed by atoms with Gasteiger partial charge in [0.15, 0.2) is 0 Å². The number of hydrogen-bond donors (Lipinski definition) is 0. The van der Waals surface area contributed by atoms with Gasteiger partial charge in [0.2, 0.25) is 0 Å². The Kier molecular flexibility index (Phi) is 6.48. The molecule has 38 heavy (non-hydrogen) atoms. The van der Waals surface area contributed by atoms with Gasteiger partial charge in [0, 0.05) is 35.1 Å². The van der Waals surface area contributed by atoms with Crippen LogP contribution in [0.3, 0.4) is 0 Å². The Hall–Kier alpha value is -2.71. The van der Waals surface area contributed by atoms with Crippen LogP contribution in [0.2, 0.25) is 5.02 Å². The summed E-state index contributed by atoms with van der Waals surface area (Å²) in [5, 5.41) is 0.690. The van der Waals surface area contributed by atoms with Crippen molar-refractivity contribution in [3.05, 3.63) is 76.3 Å². The minimum Gasteiger partial charge on any atom is -0.490 e. The number of hydrogen-bond acceptors (Lipinski definition) is 6. The van der Waals surface area contributed by atoms with Crippen molar-refractivity contribution in [1.29, 1.82) is 0 Å². The molecule has 0 radical (unpaired) electrons. The second-order valence-electron chi connectivity index (χ2n) is 10.8. The normalized spacial score (nSPS) is 25.3. The zero-order valence-corrected chi connectivity index (χ0v) is 22.7. The number of piperidine rings is 1. The van der Waals surface area contributed by atoms with Crippen LogP contribution in [0.25, 0.3) is 26.3 Å². The van der Waals surface area contributed by atoms with Crippen LogP contribution in [0.15, 0.2) is 65.7 Å². The van der Waals surface area contributed by atoms with E-state index in [0.717, 1.165) is 47.9 Å². The summed E-state index contributed by atoms with van der Waals surface area (Å²) in [4.78, 5) is 21.6. The third-order valence-electron chi connectivity index (χ3n) is 8.32. The van der Waals surface area contributed by atoms with Crippen LogP contribution >= 0.6 is 22.9 Å². The molecular weight excluding hydrogens is 518 g/mol. The summed E-state index contributed by atoms with van der Waals surface area (Å²) >= 11 is 7.49. The quantitative estimate of drug-likeness (QED) is 0.288. The van der Waals surface area contributed by atoms with Crippen molar-refractivity contribution >= 4 is 33.2 Å². The van der Waals surface area contributed by atoms with E-state index in [1.165, 1.54) is 37.1 Å². The van der Waals surface area contributed by atoms with Crippen molar-refractivity contribution in [3.63, 3.8) is 0 Å². The van der Waals surface area contributed by atoms with Gasteiger partial charge in [0.05, 0.1) is 17.8 Å². The van der Waals surface area contributed by atoms with Crippen molar-refractivity contribution < 1.29 is 9.47 Å². The molecule has 6 nitrogen and oxygen atoms in total. The molecular formula is C30H30ClN3O3S. The summed E-state index contributed by atoms with van der Waals surface area (Å²) in [6.07, 6.45) is 7.77. The number of aromatic nitrogens is 2. The van der Waals surface area contributed by atoms with Gasteiger partial charge in [0.25, 0.3) is 5.56 Å². The average molecular weight is 548 g/mol. The van der Waals surface area contributed by atoms with Gasteiger partial charge >= 0.3 is 0 Å². The molecule has 0 aliphatic carbocycles. The monoisotopic (exact) mass is 547 g/mol. The minimum atomic E-state index is -0.0644. The molecule has 8 heteroatoms. The number of nitrogens with zero attached hydrogens (tertiary/aromatic N) is 3. The molecule has 7 rings (SSSR count). The fraction of sp³-hybridized carbons (Fsp3) is 0.400. The lowest BCUT2D eigenvalue weighted by molar-refractivity contribution is 0.0381. The highest BCUT2D eigenvalue weighted by molar-refractivity contribution is 7.22. The van der Waals surface area contributed by atoms with E-state index in [2.05, 4.69) is 9.88 Å². The number of benzene rings is 2. The molecule has 4 aromatic rings. The molecule has 2 aromatic heterocycles. The third kappa shape index (κ3) is 4.66. The third-order valence-corrected chi connectivity index (χ3v) is 9.73. The molecule has 0 spiro atoms. The van der Waals surface area contributed by atoms with Gasteiger partial charge in [-0.15, -0.1) is 11.3 Å². The predicted octanol–water partition coefficient (Wildman–Crippen LogP) is 6.18. The zero-order chi connectivity index (χ0) is 25.6. The lowest BCUT2D eigenvalue weighted by Gasteiger charge is -2.40. The Labute approximate surface area is 230 Å². The summed E-state index contributed by atoms with van der Waals surface area (Å²) < 4.78 is 14.3. The predicted molar refractivity (Wildman–Crippen MR) is 152 cm³/mol. The van der Waals surface area contributed by atoms with E-state index in [1.807, 2.05) is 54.6 Å². The van der Waals surface area contributed by atoms with Gasteiger partial charge in [0.1, 0.15) is 22.9 Å². The standard InChI is InChI=1S/C30H30ClN3O3S/c31-21-3-1-20(2-4-21)28-15-27-29(38-28)30(35)34(18-32-27)22-7-9-25(10-8-22)37-26-13-23-5-6-24(14-26)33(23)16-19-11-12-36-17-19/h1-4,7-10,15,18-19,23-24,26H,5-6,11-14,16-17H2/t19?,23-,24+,26?. The second kappa shape index (κ2) is 10.1. The van der Waals surface area contributed by atoms with E-state index >= 15 is 0 Å². The highest BCUT2D eigenvalue weighted by atomic mass is 35.5.